The molecule has 2 heterocycles. The van der Waals surface area contributed by atoms with Crippen LogP contribution in [0.3, 0.4) is 0 Å². The fraction of sp³-hybridized carbons (Fsp3) is 0.133. The summed E-state index contributed by atoms with van der Waals surface area (Å²) in [6.45, 7) is 1.98. The average Bonchev–Trinajstić information content (AvgIpc) is 2.89. The number of anilines is 2. The molecule has 0 radical (unpaired) electrons. The number of rotatable bonds is 4. The minimum absolute atomic E-state index is 0.188. The highest BCUT2D eigenvalue weighted by atomic mass is 35.5. The van der Waals surface area contributed by atoms with E-state index in [-0.39, 0.29) is 5.28 Å². The van der Waals surface area contributed by atoms with E-state index in [0.29, 0.717) is 11.6 Å². The smallest absolute Gasteiger partial charge is 0.224 e. The summed E-state index contributed by atoms with van der Waals surface area (Å²) in [5, 5.41) is 10.6. The highest BCUT2D eigenvalue weighted by molar-refractivity contribution is 6.28. The second-order valence-corrected chi connectivity index (χ2v) is 4.97. The van der Waals surface area contributed by atoms with Crippen LogP contribution in [0.5, 0.6) is 5.75 Å². The Bertz CT molecular complexity index is 785. The maximum atomic E-state index is 5.78. The molecule has 2 N–H and O–H groups in total. The number of H-pyrrole nitrogens is 1. The van der Waals surface area contributed by atoms with Crippen LogP contribution < -0.4 is 10.1 Å². The van der Waals surface area contributed by atoms with E-state index in [2.05, 4.69) is 25.5 Å². The number of nitrogens with one attached hydrogen (secondary N) is 2. The number of aromatic nitrogens is 4. The molecule has 0 bridgehead atoms. The zero-order chi connectivity index (χ0) is 15.5. The summed E-state index contributed by atoms with van der Waals surface area (Å²) in [6, 6.07) is 9.50. The van der Waals surface area contributed by atoms with Gasteiger partial charge in [-0.25, -0.2) is 9.97 Å². The largest absolute Gasteiger partial charge is 0.497 e. The third kappa shape index (κ3) is 2.87. The van der Waals surface area contributed by atoms with E-state index in [1.54, 1.807) is 19.4 Å². The lowest BCUT2D eigenvalue weighted by molar-refractivity contribution is 0.415. The minimum Gasteiger partial charge on any atom is -0.497 e. The number of benzene rings is 1. The fourth-order valence-corrected chi connectivity index (χ4v) is 2.23. The highest BCUT2D eigenvalue weighted by Crippen LogP contribution is 2.28. The number of hydrogen-bond donors (Lipinski definition) is 2. The molecule has 0 atom stereocenters. The Morgan fingerprint density at radius 3 is 2.64 bits per heavy atom. The normalized spacial score (nSPS) is 10.5. The Balaban J connectivity index is 1.88. The Morgan fingerprint density at radius 2 is 1.95 bits per heavy atom. The van der Waals surface area contributed by atoms with Crippen molar-refractivity contribution in [1.82, 2.24) is 20.2 Å². The molecule has 0 fully saturated rings. The third-order valence-electron chi connectivity index (χ3n) is 3.26. The maximum Gasteiger partial charge on any atom is 0.224 e. The maximum absolute atomic E-state index is 5.78. The van der Waals surface area contributed by atoms with Crippen molar-refractivity contribution >= 4 is 23.2 Å². The number of aromatic amines is 1. The predicted molar refractivity (Wildman–Crippen MR) is 85.6 cm³/mol. The second-order valence-electron chi connectivity index (χ2n) is 4.64. The fourth-order valence-electron chi connectivity index (χ4n) is 2.08. The molecule has 3 rings (SSSR count). The molecule has 0 aliphatic rings. The lowest BCUT2D eigenvalue weighted by atomic mass is 10.1. The van der Waals surface area contributed by atoms with Crippen LogP contribution in [0, 0.1) is 6.92 Å². The first-order chi connectivity index (χ1) is 10.7. The van der Waals surface area contributed by atoms with Gasteiger partial charge in [-0.3, -0.25) is 5.10 Å². The first kappa shape index (κ1) is 14.3. The zero-order valence-corrected chi connectivity index (χ0v) is 12.8. The third-order valence-corrected chi connectivity index (χ3v) is 3.44. The standard InChI is InChI=1S/C15H14ClN5O/c1-9-13(10-3-5-11(22-2)6-4-10)20-21-14(9)18-12-7-8-17-15(16)19-12/h3-8H,1-2H3,(H2,17,18,19,20,21). The molecule has 0 saturated heterocycles. The predicted octanol–water partition coefficient (Wildman–Crippen LogP) is 3.58. The summed E-state index contributed by atoms with van der Waals surface area (Å²) >= 11 is 5.78. The molecule has 112 valence electrons. The van der Waals surface area contributed by atoms with Crippen molar-refractivity contribution in [2.75, 3.05) is 12.4 Å². The lowest BCUT2D eigenvalue weighted by Crippen LogP contribution is -1.96. The van der Waals surface area contributed by atoms with E-state index >= 15 is 0 Å². The van der Waals surface area contributed by atoms with Crippen molar-refractivity contribution in [3.63, 3.8) is 0 Å². The van der Waals surface area contributed by atoms with Crippen molar-refractivity contribution in [3.05, 3.63) is 47.4 Å². The first-order valence-corrected chi connectivity index (χ1v) is 7.00. The average molecular weight is 316 g/mol. The molecule has 0 aliphatic carbocycles. The second kappa shape index (κ2) is 6.03. The summed E-state index contributed by atoms with van der Waals surface area (Å²) < 4.78 is 5.17. The number of methoxy groups -OCH3 is 1. The molecule has 0 unspecified atom stereocenters. The molecule has 0 spiro atoms. The summed E-state index contributed by atoms with van der Waals surface area (Å²) in [7, 11) is 1.64. The van der Waals surface area contributed by atoms with Gasteiger partial charge in [0.15, 0.2) is 5.82 Å². The summed E-state index contributed by atoms with van der Waals surface area (Å²) in [6.07, 6.45) is 1.59. The van der Waals surface area contributed by atoms with E-state index in [1.807, 2.05) is 31.2 Å². The van der Waals surface area contributed by atoms with Gasteiger partial charge >= 0.3 is 0 Å². The summed E-state index contributed by atoms with van der Waals surface area (Å²) in [5.74, 6) is 2.10. The van der Waals surface area contributed by atoms with E-state index in [0.717, 1.165) is 22.6 Å². The van der Waals surface area contributed by atoms with Gasteiger partial charge in [0.1, 0.15) is 11.6 Å². The van der Waals surface area contributed by atoms with Crippen LogP contribution in [0.15, 0.2) is 36.5 Å². The van der Waals surface area contributed by atoms with Crippen molar-refractivity contribution in [3.8, 4) is 17.0 Å². The molecule has 7 heteroatoms. The molecule has 6 nitrogen and oxygen atoms in total. The minimum atomic E-state index is 0.188. The van der Waals surface area contributed by atoms with E-state index in [4.69, 9.17) is 16.3 Å². The lowest BCUT2D eigenvalue weighted by Gasteiger charge is -2.04. The van der Waals surface area contributed by atoms with Crippen LogP contribution in [0.1, 0.15) is 5.56 Å². The Hall–Kier alpha value is -2.60. The van der Waals surface area contributed by atoms with Gasteiger partial charge in [0.2, 0.25) is 5.28 Å². The Kier molecular flexibility index (Phi) is 3.93. The molecule has 0 aliphatic heterocycles. The summed E-state index contributed by atoms with van der Waals surface area (Å²) in [5.41, 5.74) is 2.95. The van der Waals surface area contributed by atoms with Crippen LogP contribution in [0.25, 0.3) is 11.3 Å². The van der Waals surface area contributed by atoms with E-state index < -0.39 is 0 Å². The highest BCUT2D eigenvalue weighted by Gasteiger charge is 2.11. The van der Waals surface area contributed by atoms with Crippen LogP contribution in [0.4, 0.5) is 11.6 Å². The quantitative estimate of drug-likeness (QED) is 0.720. The topological polar surface area (TPSA) is 75.7 Å². The van der Waals surface area contributed by atoms with Crippen molar-refractivity contribution in [2.24, 2.45) is 0 Å². The van der Waals surface area contributed by atoms with Gasteiger partial charge in [0.05, 0.1) is 12.8 Å². The van der Waals surface area contributed by atoms with Crippen molar-refractivity contribution < 1.29 is 4.74 Å². The van der Waals surface area contributed by atoms with E-state index in [1.165, 1.54) is 0 Å². The van der Waals surface area contributed by atoms with Gasteiger partial charge in [-0.05, 0) is 48.9 Å². The van der Waals surface area contributed by atoms with Crippen molar-refractivity contribution in [2.45, 2.75) is 6.92 Å². The number of ether oxygens (including phenoxy) is 1. The first-order valence-electron chi connectivity index (χ1n) is 6.62. The molecule has 3 aromatic rings. The molecular weight excluding hydrogens is 302 g/mol. The van der Waals surface area contributed by atoms with Crippen molar-refractivity contribution in [1.29, 1.82) is 0 Å². The van der Waals surface area contributed by atoms with Crippen LogP contribution >= 0.6 is 11.6 Å². The van der Waals surface area contributed by atoms with Crippen LogP contribution in [0.2, 0.25) is 5.28 Å². The molecule has 2 aromatic heterocycles. The van der Waals surface area contributed by atoms with Crippen LogP contribution in [-0.4, -0.2) is 27.3 Å². The Labute approximate surface area is 132 Å². The van der Waals surface area contributed by atoms with Gasteiger partial charge in [0.25, 0.3) is 0 Å². The molecular formula is C15H14ClN5O. The molecule has 22 heavy (non-hydrogen) atoms. The number of nitrogens with zero attached hydrogens (tertiary/aromatic N) is 3. The van der Waals surface area contributed by atoms with Gasteiger partial charge in [-0.15, -0.1) is 0 Å². The SMILES string of the molecule is COc1ccc(-c2[nH]nc(Nc3ccnc(Cl)n3)c2C)cc1. The van der Waals surface area contributed by atoms with Gasteiger partial charge < -0.3 is 10.1 Å². The number of halogens is 1. The van der Waals surface area contributed by atoms with Gasteiger partial charge in [-0.2, -0.15) is 5.10 Å². The van der Waals surface area contributed by atoms with Crippen LogP contribution in [-0.2, 0) is 0 Å². The van der Waals surface area contributed by atoms with Gasteiger partial charge in [-0.1, -0.05) is 0 Å². The molecule has 0 saturated carbocycles. The zero-order valence-electron chi connectivity index (χ0n) is 12.1. The monoisotopic (exact) mass is 315 g/mol. The van der Waals surface area contributed by atoms with E-state index in [9.17, 15) is 0 Å². The molecule has 0 amide bonds. The molecule has 1 aromatic carbocycles. The van der Waals surface area contributed by atoms with Gasteiger partial charge in [0, 0.05) is 17.3 Å². The summed E-state index contributed by atoms with van der Waals surface area (Å²) in [4.78, 5) is 7.93. The number of hydrogen-bond acceptors (Lipinski definition) is 5. The Morgan fingerprint density at radius 1 is 1.18 bits per heavy atom.